The zero-order valence-electron chi connectivity index (χ0n) is 32.0. The number of benzene rings is 3. The number of rotatable bonds is 3. The van der Waals surface area contributed by atoms with Crippen molar-refractivity contribution >= 4 is 23.2 Å². The van der Waals surface area contributed by atoms with Crippen LogP contribution in [0.25, 0.3) is 5.57 Å². The van der Waals surface area contributed by atoms with Gasteiger partial charge in [0, 0.05) is 33.4 Å². The fraction of sp³-hybridized carbons (Fsp3) is 0.404. The van der Waals surface area contributed by atoms with Crippen LogP contribution in [0.1, 0.15) is 130 Å². The van der Waals surface area contributed by atoms with Crippen LogP contribution in [0.3, 0.4) is 0 Å². The Labute approximate surface area is 331 Å². The fourth-order valence-corrected chi connectivity index (χ4v) is 14.9. The van der Waals surface area contributed by atoms with Gasteiger partial charge in [0.15, 0.2) is 0 Å². The lowest BCUT2D eigenvalue weighted by molar-refractivity contribution is 0.107. The molecule has 3 aromatic rings. The minimum atomic E-state index is 0.0131. The van der Waals surface area contributed by atoms with Crippen molar-refractivity contribution in [1.82, 2.24) is 5.32 Å². The Hall–Kier alpha value is -4.08. The highest BCUT2D eigenvalue weighted by molar-refractivity contribution is 8.07. The molecule has 9 aliphatic rings. The zero-order chi connectivity index (χ0) is 36.1. The summed E-state index contributed by atoms with van der Waals surface area (Å²) in [5.41, 5.74) is 16.2. The molecular formula is C52H52N2S. The molecule has 7 aliphatic carbocycles. The summed E-state index contributed by atoms with van der Waals surface area (Å²) in [5, 5.41) is 3.81. The van der Waals surface area contributed by atoms with Crippen LogP contribution in [0, 0.1) is 23.2 Å². The van der Waals surface area contributed by atoms with E-state index in [1.54, 1.807) is 33.4 Å². The van der Waals surface area contributed by atoms with Crippen molar-refractivity contribution in [2.45, 2.75) is 107 Å². The molecule has 0 radical (unpaired) electrons. The molecule has 0 amide bonds. The van der Waals surface area contributed by atoms with Gasteiger partial charge < -0.3 is 5.32 Å². The molecule has 2 spiro atoms. The van der Waals surface area contributed by atoms with Crippen LogP contribution < -0.4 is 5.32 Å². The molecule has 12 rings (SSSR count). The number of allylic oxidation sites excluding steroid dienone is 10. The quantitative estimate of drug-likeness (QED) is 0.290. The lowest BCUT2D eigenvalue weighted by atomic mass is 9.55. The van der Waals surface area contributed by atoms with Crippen molar-refractivity contribution in [2.24, 2.45) is 28.2 Å². The topological polar surface area (TPSA) is 24.4 Å². The van der Waals surface area contributed by atoms with Crippen molar-refractivity contribution < 1.29 is 0 Å². The first kappa shape index (κ1) is 33.1. The van der Waals surface area contributed by atoms with Gasteiger partial charge in [0.1, 0.15) is 11.9 Å². The Kier molecular flexibility index (Phi) is 7.65. The summed E-state index contributed by atoms with van der Waals surface area (Å²) in [6, 6.07) is 30.1. The first-order valence-electron chi connectivity index (χ1n) is 21.8. The molecule has 2 saturated carbocycles. The van der Waals surface area contributed by atoms with Crippen molar-refractivity contribution in [3.05, 3.63) is 169 Å². The third kappa shape index (κ3) is 4.90. The molecule has 1 N–H and O–H groups in total. The molecule has 3 aromatic carbocycles. The molecule has 0 aromatic heterocycles. The van der Waals surface area contributed by atoms with E-state index in [4.69, 9.17) is 4.99 Å². The highest BCUT2D eigenvalue weighted by Gasteiger charge is 2.59. The molecular weight excluding hydrogens is 685 g/mol. The highest BCUT2D eigenvalue weighted by Crippen LogP contribution is 2.69. The van der Waals surface area contributed by atoms with E-state index < -0.39 is 0 Å². The largest absolute Gasteiger partial charge is 0.342 e. The Morgan fingerprint density at radius 1 is 0.745 bits per heavy atom. The molecule has 0 saturated heterocycles. The summed E-state index contributed by atoms with van der Waals surface area (Å²) in [6.45, 7) is 0. The van der Waals surface area contributed by atoms with E-state index in [9.17, 15) is 0 Å². The third-order valence-electron chi connectivity index (χ3n) is 15.9. The van der Waals surface area contributed by atoms with E-state index in [0.29, 0.717) is 28.6 Å². The molecule has 2 fully saturated rings. The third-order valence-corrected chi connectivity index (χ3v) is 17.2. The second-order valence-electron chi connectivity index (χ2n) is 18.3. The van der Waals surface area contributed by atoms with Gasteiger partial charge in [0.2, 0.25) is 0 Å². The highest BCUT2D eigenvalue weighted by atomic mass is 32.2. The average Bonchev–Trinajstić information content (AvgIpc) is 3.85. The Balaban J connectivity index is 0.902. The van der Waals surface area contributed by atoms with Crippen LogP contribution in [0.4, 0.5) is 0 Å². The van der Waals surface area contributed by atoms with Gasteiger partial charge in [0.25, 0.3) is 0 Å². The van der Waals surface area contributed by atoms with E-state index in [1.807, 2.05) is 11.8 Å². The van der Waals surface area contributed by atoms with E-state index in [1.165, 1.54) is 104 Å². The number of aliphatic imine (C=N–C) groups is 1. The number of hydrogen-bond acceptors (Lipinski definition) is 3. The second-order valence-corrected chi connectivity index (χ2v) is 19.4. The molecule has 0 bridgehead atoms. The monoisotopic (exact) mass is 736 g/mol. The van der Waals surface area contributed by atoms with Gasteiger partial charge in [-0.2, -0.15) is 0 Å². The van der Waals surface area contributed by atoms with Gasteiger partial charge in [-0.05, 0) is 118 Å². The molecule has 55 heavy (non-hydrogen) atoms. The summed E-state index contributed by atoms with van der Waals surface area (Å²) in [4.78, 5) is 8.26. The van der Waals surface area contributed by atoms with Gasteiger partial charge in [-0.1, -0.05) is 160 Å². The number of hydrogen-bond donors (Lipinski definition) is 1. The maximum atomic E-state index is 5.43. The molecule has 276 valence electrons. The normalized spacial score (nSPS) is 30.7. The number of nitrogens with one attached hydrogen (secondary N) is 1. The number of nitrogens with zero attached hydrogens (tertiary/aromatic N) is 1. The minimum absolute atomic E-state index is 0.0131. The van der Waals surface area contributed by atoms with Crippen molar-refractivity contribution in [1.29, 1.82) is 0 Å². The predicted octanol–water partition coefficient (Wildman–Crippen LogP) is 13.2. The Morgan fingerprint density at radius 3 is 2.33 bits per heavy atom. The van der Waals surface area contributed by atoms with Crippen LogP contribution in [0.2, 0.25) is 0 Å². The zero-order valence-corrected chi connectivity index (χ0v) is 32.9. The van der Waals surface area contributed by atoms with Crippen LogP contribution in [-0.2, 0) is 5.41 Å². The van der Waals surface area contributed by atoms with E-state index in [0.717, 1.165) is 30.2 Å². The first-order valence-corrected chi connectivity index (χ1v) is 22.6. The van der Waals surface area contributed by atoms with Crippen LogP contribution in [0.5, 0.6) is 0 Å². The van der Waals surface area contributed by atoms with Gasteiger partial charge in [-0.15, -0.1) is 0 Å². The van der Waals surface area contributed by atoms with Gasteiger partial charge in [-0.25, -0.2) is 0 Å². The van der Waals surface area contributed by atoms with E-state index in [-0.39, 0.29) is 6.04 Å². The number of fused-ring (bicyclic) bond motifs is 11. The molecule has 2 nitrogen and oxygen atoms in total. The SMILES string of the molecule is C1=CCC2C(=C1)SC1=C2NC(c2ccccc2)=NC1c1ccc(C2=CC3=C(CC2)C2=CC4c5ccccc5C5(CCCCC5)C4CC2C32CCCCC2)cc1. The maximum absolute atomic E-state index is 5.43. The lowest BCUT2D eigenvalue weighted by Crippen LogP contribution is -2.41. The van der Waals surface area contributed by atoms with Crippen molar-refractivity contribution in [3.8, 4) is 0 Å². The smallest absolute Gasteiger partial charge is 0.133 e. The van der Waals surface area contributed by atoms with Crippen LogP contribution in [0.15, 0.2) is 146 Å². The predicted molar refractivity (Wildman–Crippen MR) is 229 cm³/mol. The van der Waals surface area contributed by atoms with E-state index >= 15 is 0 Å². The second kappa shape index (κ2) is 12.7. The number of thioether (sulfide) groups is 1. The summed E-state index contributed by atoms with van der Waals surface area (Å²) >= 11 is 1.95. The maximum Gasteiger partial charge on any atom is 0.133 e. The molecule has 5 unspecified atom stereocenters. The Morgan fingerprint density at radius 2 is 1.51 bits per heavy atom. The molecule has 5 atom stereocenters. The minimum Gasteiger partial charge on any atom is -0.342 e. The summed E-state index contributed by atoms with van der Waals surface area (Å²) < 4.78 is 0. The summed E-state index contributed by atoms with van der Waals surface area (Å²) in [6.07, 6.45) is 31.3. The lowest BCUT2D eigenvalue weighted by Gasteiger charge is -2.49. The summed E-state index contributed by atoms with van der Waals surface area (Å²) in [7, 11) is 0. The molecule has 2 heterocycles. The van der Waals surface area contributed by atoms with Gasteiger partial charge >= 0.3 is 0 Å². The number of amidine groups is 1. The average molecular weight is 737 g/mol. The van der Waals surface area contributed by atoms with Gasteiger partial charge in [-0.3, -0.25) is 4.99 Å². The molecule has 3 heteroatoms. The van der Waals surface area contributed by atoms with Gasteiger partial charge in [0.05, 0.1) is 0 Å². The van der Waals surface area contributed by atoms with Crippen molar-refractivity contribution in [3.63, 3.8) is 0 Å². The first-order chi connectivity index (χ1) is 27.2. The van der Waals surface area contributed by atoms with Crippen LogP contribution in [-0.4, -0.2) is 5.84 Å². The molecule has 2 aliphatic heterocycles. The Bertz CT molecular complexity index is 2300. The van der Waals surface area contributed by atoms with E-state index in [2.05, 4.69) is 115 Å². The van der Waals surface area contributed by atoms with Crippen molar-refractivity contribution in [2.75, 3.05) is 0 Å². The van der Waals surface area contributed by atoms with Crippen LogP contribution >= 0.6 is 11.8 Å². The summed E-state index contributed by atoms with van der Waals surface area (Å²) in [5.74, 6) is 3.51. The fourth-order valence-electron chi connectivity index (χ4n) is 13.5. The standard InChI is InChI=1S/C52H52N2S/c1-4-14-35(15-5-1)50-53-47(49-48(54-50)39-17-7-9-19-46(39)55-49)34-22-20-33(21-23-34)36-24-25-38-41-31-40-37-16-6-8-18-42(37)51(26-10-2-11-27-51)44(40)32-45(41)52(43(38)30-36)28-12-3-13-29-52/h1,4-9,14-16,18-23,30-31,39-40,44-45,47H,2-3,10-13,17,24-29,32H2,(H,53,54).